The normalized spacial score (nSPS) is 12.7. The van der Waals surface area contributed by atoms with Gasteiger partial charge in [0, 0.05) is 22.1 Å². The van der Waals surface area contributed by atoms with Crippen LogP contribution in [0, 0.1) is 12.7 Å². The lowest BCUT2D eigenvalue weighted by molar-refractivity contribution is -0.140. The van der Waals surface area contributed by atoms with Gasteiger partial charge in [-0.2, -0.15) is 0 Å². The standard InChI is InChI=1S/C24H31BrFN3O4S/c1-16-13-19(11-12-20(16)25)29(34(6,32)33)15-22(30)28(14-18-9-7-8-10-21(18)26)17(2)23(31)27-24(3,4)5/h7-13,17H,14-15H2,1-6H3,(H,27,31). The Bertz CT molecular complexity index is 1170. The highest BCUT2D eigenvalue weighted by molar-refractivity contribution is 9.10. The summed E-state index contributed by atoms with van der Waals surface area (Å²) < 4.78 is 41.4. The van der Waals surface area contributed by atoms with Gasteiger partial charge in [0.05, 0.1) is 11.9 Å². The monoisotopic (exact) mass is 555 g/mol. The molecular formula is C24H31BrFN3O4S. The van der Waals surface area contributed by atoms with Crippen molar-refractivity contribution in [3.63, 3.8) is 0 Å². The molecule has 2 amide bonds. The number of sulfonamides is 1. The van der Waals surface area contributed by atoms with Crippen molar-refractivity contribution in [3.8, 4) is 0 Å². The number of anilines is 1. The molecule has 0 fully saturated rings. The smallest absolute Gasteiger partial charge is 0.244 e. The van der Waals surface area contributed by atoms with Crippen molar-refractivity contribution in [1.82, 2.24) is 10.2 Å². The molecule has 1 atom stereocenters. The average molecular weight is 556 g/mol. The summed E-state index contributed by atoms with van der Waals surface area (Å²) in [4.78, 5) is 27.5. The van der Waals surface area contributed by atoms with Crippen molar-refractivity contribution in [2.75, 3.05) is 17.1 Å². The zero-order chi connectivity index (χ0) is 25.8. The summed E-state index contributed by atoms with van der Waals surface area (Å²) in [5.41, 5.74) is 0.775. The molecule has 1 unspecified atom stereocenters. The van der Waals surface area contributed by atoms with Gasteiger partial charge in [0.2, 0.25) is 21.8 Å². The van der Waals surface area contributed by atoms with Gasteiger partial charge < -0.3 is 10.2 Å². The highest BCUT2D eigenvalue weighted by atomic mass is 79.9. The van der Waals surface area contributed by atoms with E-state index in [1.54, 1.807) is 31.2 Å². The fraction of sp³-hybridized carbons (Fsp3) is 0.417. The molecule has 7 nitrogen and oxygen atoms in total. The Balaban J connectivity index is 2.44. The second-order valence-electron chi connectivity index (χ2n) is 9.23. The first-order valence-electron chi connectivity index (χ1n) is 10.7. The van der Waals surface area contributed by atoms with Gasteiger partial charge in [-0.1, -0.05) is 34.1 Å². The van der Waals surface area contributed by atoms with E-state index in [9.17, 15) is 22.4 Å². The van der Waals surface area contributed by atoms with Crippen LogP contribution in [0.15, 0.2) is 46.9 Å². The van der Waals surface area contributed by atoms with E-state index in [0.717, 1.165) is 20.6 Å². The Morgan fingerprint density at radius 3 is 2.29 bits per heavy atom. The minimum atomic E-state index is -3.84. The molecule has 186 valence electrons. The predicted molar refractivity (Wildman–Crippen MR) is 135 cm³/mol. The van der Waals surface area contributed by atoms with E-state index in [0.29, 0.717) is 5.69 Å². The fourth-order valence-corrected chi connectivity index (χ4v) is 4.35. The largest absolute Gasteiger partial charge is 0.350 e. The molecule has 0 saturated heterocycles. The van der Waals surface area contributed by atoms with E-state index < -0.39 is 45.8 Å². The van der Waals surface area contributed by atoms with Gasteiger partial charge >= 0.3 is 0 Å². The number of carbonyl (C=O) groups is 2. The fourth-order valence-electron chi connectivity index (χ4n) is 3.26. The number of carbonyl (C=O) groups excluding carboxylic acids is 2. The Morgan fingerprint density at radius 1 is 1.15 bits per heavy atom. The van der Waals surface area contributed by atoms with Crippen LogP contribution >= 0.6 is 15.9 Å². The van der Waals surface area contributed by atoms with E-state index in [2.05, 4.69) is 21.2 Å². The molecule has 0 heterocycles. The highest BCUT2D eigenvalue weighted by Gasteiger charge is 2.31. The zero-order valence-electron chi connectivity index (χ0n) is 20.2. The molecular weight excluding hydrogens is 525 g/mol. The van der Waals surface area contributed by atoms with E-state index in [4.69, 9.17) is 0 Å². The zero-order valence-corrected chi connectivity index (χ0v) is 22.6. The highest BCUT2D eigenvalue weighted by Crippen LogP contribution is 2.25. The lowest BCUT2D eigenvalue weighted by atomic mass is 10.1. The maximum Gasteiger partial charge on any atom is 0.244 e. The van der Waals surface area contributed by atoms with Crippen LogP contribution in [-0.4, -0.2) is 49.5 Å². The molecule has 2 aromatic carbocycles. The van der Waals surface area contributed by atoms with Crippen LogP contribution in [0.25, 0.3) is 0 Å². The molecule has 10 heteroatoms. The Labute approximate surface area is 209 Å². The molecule has 0 aliphatic carbocycles. The molecule has 34 heavy (non-hydrogen) atoms. The minimum Gasteiger partial charge on any atom is -0.350 e. The lowest BCUT2D eigenvalue weighted by Gasteiger charge is -2.33. The summed E-state index contributed by atoms with van der Waals surface area (Å²) >= 11 is 3.38. The van der Waals surface area contributed by atoms with E-state index in [-0.39, 0.29) is 12.1 Å². The van der Waals surface area contributed by atoms with Crippen molar-refractivity contribution < 1.29 is 22.4 Å². The average Bonchev–Trinajstić information content (AvgIpc) is 2.70. The van der Waals surface area contributed by atoms with Crippen LogP contribution in [0.2, 0.25) is 0 Å². The Morgan fingerprint density at radius 2 is 1.76 bits per heavy atom. The topological polar surface area (TPSA) is 86.8 Å². The van der Waals surface area contributed by atoms with Crippen LogP contribution in [0.1, 0.15) is 38.8 Å². The number of benzene rings is 2. The van der Waals surface area contributed by atoms with E-state index >= 15 is 0 Å². The molecule has 0 aromatic heterocycles. The second kappa shape index (κ2) is 10.9. The van der Waals surface area contributed by atoms with Gasteiger partial charge in [-0.3, -0.25) is 13.9 Å². The molecule has 2 aromatic rings. The molecule has 0 aliphatic heterocycles. The van der Waals surface area contributed by atoms with Crippen molar-refractivity contribution in [1.29, 1.82) is 0 Å². The van der Waals surface area contributed by atoms with E-state index in [1.807, 2.05) is 20.8 Å². The third kappa shape index (κ3) is 7.53. The van der Waals surface area contributed by atoms with Gasteiger partial charge in [0.15, 0.2) is 0 Å². The molecule has 0 spiro atoms. The van der Waals surface area contributed by atoms with Crippen molar-refractivity contribution >= 4 is 43.5 Å². The number of hydrogen-bond donors (Lipinski definition) is 1. The predicted octanol–water partition coefficient (Wildman–Crippen LogP) is 3.99. The molecule has 0 bridgehead atoms. The summed E-state index contributed by atoms with van der Waals surface area (Å²) in [5, 5.41) is 2.82. The van der Waals surface area contributed by atoms with Crippen LogP contribution < -0.4 is 9.62 Å². The number of halogens is 2. The number of aryl methyl sites for hydroxylation is 1. The van der Waals surface area contributed by atoms with Crippen LogP contribution in [0.5, 0.6) is 0 Å². The first-order valence-corrected chi connectivity index (χ1v) is 13.3. The quantitative estimate of drug-likeness (QED) is 0.533. The maximum atomic E-state index is 14.4. The number of nitrogens with one attached hydrogen (secondary N) is 1. The second-order valence-corrected chi connectivity index (χ2v) is 12.0. The maximum absolute atomic E-state index is 14.4. The van der Waals surface area contributed by atoms with Gasteiger partial charge in [0.25, 0.3) is 0 Å². The van der Waals surface area contributed by atoms with Crippen LogP contribution in [0.3, 0.4) is 0 Å². The SMILES string of the molecule is Cc1cc(N(CC(=O)N(Cc2ccccc2F)C(C)C(=O)NC(C)(C)C)S(C)(=O)=O)ccc1Br. The van der Waals surface area contributed by atoms with Gasteiger partial charge in [-0.05, 0) is 64.4 Å². The van der Waals surface area contributed by atoms with Gasteiger partial charge in [-0.15, -0.1) is 0 Å². The van der Waals surface area contributed by atoms with Crippen LogP contribution in [-0.2, 0) is 26.2 Å². The van der Waals surface area contributed by atoms with Crippen molar-refractivity contribution in [2.24, 2.45) is 0 Å². The van der Waals surface area contributed by atoms with E-state index in [1.165, 1.54) is 30.0 Å². The summed E-state index contributed by atoms with van der Waals surface area (Å²) in [6.45, 7) is 8.03. The number of amides is 2. The first kappa shape index (κ1) is 27.8. The van der Waals surface area contributed by atoms with Gasteiger partial charge in [0.1, 0.15) is 18.4 Å². The van der Waals surface area contributed by atoms with Gasteiger partial charge in [-0.25, -0.2) is 12.8 Å². The molecule has 1 N–H and O–H groups in total. The summed E-state index contributed by atoms with van der Waals surface area (Å²) in [6, 6.07) is 9.92. The lowest BCUT2D eigenvalue weighted by Crippen LogP contribution is -2.54. The first-order chi connectivity index (χ1) is 15.6. The molecule has 0 aliphatic rings. The summed E-state index contributed by atoms with van der Waals surface area (Å²) in [6.07, 6.45) is 1.01. The Kier molecular flexibility index (Phi) is 8.87. The molecule has 0 radical (unpaired) electrons. The Hall–Kier alpha value is -2.46. The van der Waals surface area contributed by atoms with Crippen LogP contribution in [0.4, 0.5) is 10.1 Å². The number of nitrogens with zero attached hydrogens (tertiary/aromatic N) is 2. The third-order valence-corrected chi connectivity index (χ3v) is 7.10. The third-order valence-electron chi connectivity index (χ3n) is 5.07. The molecule has 2 rings (SSSR count). The molecule has 0 saturated carbocycles. The number of rotatable bonds is 8. The van der Waals surface area contributed by atoms with Crippen molar-refractivity contribution in [2.45, 2.75) is 52.7 Å². The number of hydrogen-bond acceptors (Lipinski definition) is 4. The summed E-state index contributed by atoms with van der Waals surface area (Å²) in [7, 11) is -3.84. The summed E-state index contributed by atoms with van der Waals surface area (Å²) in [5.74, 6) is -1.58. The minimum absolute atomic E-state index is 0.193. The van der Waals surface area contributed by atoms with Crippen molar-refractivity contribution in [3.05, 3.63) is 63.9 Å².